The molecule has 2 aromatic heterocycles. The maximum atomic E-state index is 8.33. The monoisotopic (exact) mass is 476 g/mol. The van der Waals surface area contributed by atoms with E-state index >= 15 is 0 Å². The summed E-state index contributed by atoms with van der Waals surface area (Å²) in [4.78, 5) is 20.5. The van der Waals surface area contributed by atoms with Crippen LogP contribution in [0.4, 0.5) is 0 Å². The maximum Gasteiger partial charge on any atom is 1.00 e. The van der Waals surface area contributed by atoms with Crippen LogP contribution >= 0.6 is 0 Å². The van der Waals surface area contributed by atoms with Gasteiger partial charge in [0.25, 0.3) is 0 Å². The van der Waals surface area contributed by atoms with Gasteiger partial charge >= 0.3 is 41.6 Å². The van der Waals surface area contributed by atoms with E-state index in [1.165, 1.54) is 17.8 Å². The second kappa shape index (κ2) is 17.8. The Hall–Kier alpha value is -2.62. The van der Waals surface area contributed by atoms with Gasteiger partial charge in [-0.05, 0) is 74.9 Å². The van der Waals surface area contributed by atoms with E-state index < -0.39 is 0 Å². The molecule has 12 nitrogen and oxygen atoms in total. The summed E-state index contributed by atoms with van der Waals surface area (Å²) in [7, 11) is 0. The summed E-state index contributed by atoms with van der Waals surface area (Å²) in [5, 5.41) is 3.72. The van der Waals surface area contributed by atoms with Crippen LogP contribution in [0.25, 0.3) is 26.4 Å². The van der Waals surface area contributed by atoms with Crippen LogP contribution in [0, 0.1) is 5.92 Å². The van der Waals surface area contributed by atoms with Crippen molar-refractivity contribution < 1.29 is 39.0 Å². The average molecular weight is 477 g/mol. The van der Waals surface area contributed by atoms with Gasteiger partial charge in [0.05, 0.1) is 0 Å². The largest absolute Gasteiger partial charge is 1.00 e. The Labute approximate surface area is 221 Å². The molecule has 0 atom stereocenters. The zero-order valence-corrected chi connectivity index (χ0v) is 21.7. The Balaban J connectivity index is 0.000000299. The van der Waals surface area contributed by atoms with E-state index in [1.807, 2.05) is 0 Å². The van der Waals surface area contributed by atoms with E-state index in [0.29, 0.717) is 18.1 Å². The zero-order valence-electron chi connectivity index (χ0n) is 19.7. The molecule has 0 saturated heterocycles. The van der Waals surface area contributed by atoms with Crippen molar-refractivity contribution in [1.82, 2.24) is 19.9 Å². The predicted octanol–water partition coefficient (Wildman–Crippen LogP) is 2.78. The Morgan fingerprint density at radius 1 is 0.735 bits per heavy atom. The maximum absolute atomic E-state index is 8.33. The van der Waals surface area contributed by atoms with Gasteiger partial charge in [-0.15, -0.1) is 0 Å². The van der Waals surface area contributed by atoms with Gasteiger partial charge in [0.2, 0.25) is 0 Å². The third-order valence-electron chi connectivity index (χ3n) is 5.45. The Morgan fingerprint density at radius 3 is 1.50 bits per heavy atom. The minimum atomic E-state index is 0. The van der Waals surface area contributed by atoms with Gasteiger partial charge < -0.3 is 20.5 Å². The normalized spacial score (nSPS) is 23.0. The molecule has 0 spiro atoms. The number of hydrogen-bond acceptors (Lipinski definition) is 7. The van der Waals surface area contributed by atoms with Gasteiger partial charge in [-0.2, -0.15) is 0 Å². The fourth-order valence-corrected chi connectivity index (χ4v) is 3.69. The Bertz CT molecular complexity index is 864. The SMILES string of the molecule is CC1CCC(Oc2ncccn2)CC1.[N-]=[N+]=NC1CCC(Oc2ncccn2)CC1.[N-]=[N+]=[N-].[Na+]. The number of ether oxygens (including phenoxy) is 2. The van der Waals surface area contributed by atoms with Crippen LogP contribution in [0.5, 0.6) is 12.0 Å². The molecular weight excluding hydrogens is 447 g/mol. The second-order valence-electron chi connectivity index (χ2n) is 7.91. The molecule has 0 amide bonds. The molecule has 13 heteroatoms. The van der Waals surface area contributed by atoms with E-state index in [-0.39, 0.29) is 41.7 Å². The van der Waals surface area contributed by atoms with Crippen molar-refractivity contribution in [3.63, 3.8) is 0 Å². The molecule has 2 aliphatic carbocycles. The van der Waals surface area contributed by atoms with Crippen molar-refractivity contribution >= 4 is 0 Å². The first-order valence-corrected chi connectivity index (χ1v) is 11.0. The van der Waals surface area contributed by atoms with Crippen molar-refractivity contribution in [3.05, 3.63) is 63.3 Å². The molecule has 0 unspecified atom stereocenters. The van der Waals surface area contributed by atoms with Gasteiger partial charge in [0.15, 0.2) is 0 Å². The number of nitrogens with zero attached hydrogens (tertiary/aromatic N) is 10. The summed E-state index contributed by atoms with van der Waals surface area (Å²) < 4.78 is 11.3. The van der Waals surface area contributed by atoms with Crippen LogP contribution in [0.1, 0.15) is 58.3 Å². The Morgan fingerprint density at radius 2 is 1.12 bits per heavy atom. The van der Waals surface area contributed by atoms with Crippen LogP contribution < -0.4 is 39.0 Å². The molecule has 2 fully saturated rings. The minimum absolute atomic E-state index is 0. The van der Waals surface area contributed by atoms with E-state index in [4.69, 9.17) is 26.1 Å². The molecule has 0 N–H and O–H groups in total. The molecule has 4 rings (SSSR count). The molecule has 2 aliphatic rings. The summed E-state index contributed by atoms with van der Waals surface area (Å²) in [5.74, 6) is 0.853. The molecular formula is C21H29N10NaO2. The number of hydrogen-bond donors (Lipinski definition) is 0. The van der Waals surface area contributed by atoms with Gasteiger partial charge in [-0.1, -0.05) is 12.0 Å². The molecule has 34 heavy (non-hydrogen) atoms. The van der Waals surface area contributed by atoms with Crippen molar-refractivity contribution in [2.75, 3.05) is 0 Å². The smallest absolute Gasteiger partial charge is 0.460 e. The van der Waals surface area contributed by atoms with E-state index in [2.05, 4.69) is 36.9 Å². The van der Waals surface area contributed by atoms with Gasteiger partial charge in [-0.3, -0.25) is 4.91 Å². The molecule has 0 bridgehead atoms. The molecule has 176 valence electrons. The molecule has 0 radical (unpaired) electrons. The van der Waals surface area contributed by atoms with Crippen LogP contribution in [0.15, 0.2) is 42.0 Å². The fraction of sp³-hybridized carbons (Fsp3) is 0.619. The number of rotatable bonds is 5. The number of azide groups is 1. The molecule has 2 saturated carbocycles. The topological polar surface area (TPSA) is 177 Å². The minimum Gasteiger partial charge on any atom is -0.460 e. The molecule has 2 heterocycles. The van der Waals surface area contributed by atoms with Crippen LogP contribution in [0.2, 0.25) is 0 Å². The quantitative estimate of drug-likeness (QED) is 0.277. The summed E-state index contributed by atoms with van der Waals surface area (Å²) in [6.45, 7) is 2.30. The van der Waals surface area contributed by atoms with Gasteiger partial charge in [0, 0.05) is 35.7 Å². The first-order chi connectivity index (χ1) is 16.1. The van der Waals surface area contributed by atoms with Gasteiger partial charge in [0.1, 0.15) is 12.2 Å². The second-order valence-corrected chi connectivity index (χ2v) is 7.91. The standard InChI is InChI=1S/C11H16N2O.C10H13N5O.N3.Na/c1-9-3-5-10(6-4-9)14-11-12-7-2-8-13-11;11-15-14-8-2-4-9(5-3-8)16-10-12-6-1-7-13-10;1-3-2;/h2,7-10H,3-6H2,1H3;1,6-9H,2-5H2;;/q;;-1;+1. The van der Waals surface area contributed by atoms with Crippen molar-refractivity contribution in [3.8, 4) is 12.0 Å². The third-order valence-corrected chi connectivity index (χ3v) is 5.45. The number of aromatic nitrogens is 4. The molecule has 0 aliphatic heterocycles. The van der Waals surface area contributed by atoms with Crippen molar-refractivity contribution in [2.24, 2.45) is 11.0 Å². The first kappa shape index (κ1) is 29.4. The molecule has 2 aromatic rings. The Kier molecular flexibility index (Phi) is 15.4. The van der Waals surface area contributed by atoms with Crippen LogP contribution in [-0.4, -0.2) is 38.2 Å². The summed E-state index contributed by atoms with van der Waals surface area (Å²) >= 11 is 0. The van der Waals surface area contributed by atoms with E-state index in [0.717, 1.165) is 44.4 Å². The van der Waals surface area contributed by atoms with Crippen LogP contribution in [0.3, 0.4) is 0 Å². The van der Waals surface area contributed by atoms with Gasteiger partial charge in [-0.25, -0.2) is 19.9 Å². The van der Waals surface area contributed by atoms with Crippen molar-refractivity contribution in [1.29, 1.82) is 0 Å². The zero-order chi connectivity index (χ0) is 23.7. The average Bonchev–Trinajstić information content (AvgIpc) is 2.84. The summed E-state index contributed by atoms with van der Waals surface area (Å²) in [5.41, 5.74) is 21.8. The predicted molar refractivity (Wildman–Crippen MR) is 122 cm³/mol. The van der Waals surface area contributed by atoms with E-state index in [1.54, 1.807) is 36.9 Å². The van der Waals surface area contributed by atoms with E-state index in [9.17, 15) is 0 Å². The van der Waals surface area contributed by atoms with Crippen LogP contribution in [-0.2, 0) is 0 Å². The fourth-order valence-electron chi connectivity index (χ4n) is 3.69. The first-order valence-electron chi connectivity index (χ1n) is 11.0. The van der Waals surface area contributed by atoms with Crippen molar-refractivity contribution in [2.45, 2.75) is 76.5 Å². The third kappa shape index (κ3) is 12.0. The summed E-state index contributed by atoms with van der Waals surface area (Å²) in [6.07, 6.45) is 15.6. The molecule has 0 aromatic carbocycles. The summed E-state index contributed by atoms with van der Waals surface area (Å²) in [6, 6.07) is 4.63.